The van der Waals surface area contributed by atoms with Crippen LogP contribution in [0.2, 0.25) is 0 Å². The third kappa shape index (κ3) is 2.62. The third-order valence-corrected chi connectivity index (χ3v) is 5.11. The normalized spacial score (nSPS) is 22.9. The van der Waals surface area contributed by atoms with Gasteiger partial charge in [0.2, 0.25) is 5.91 Å². The van der Waals surface area contributed by atoms with E-state index < -0.39 is 0 Å². The number of para-hydroxylation sites is 1. The van der Waals surface area contributed by atoms with Crippen LogP contribution in [-0.2, 0) is 4.79 Å². The molecule has 2 atom stereocenters. The van der Waals surface area contributed by atoms with Crippen molar-refractivity contribution in [1.29, 1.82) is 0 Å². The van der Waals surface area contributed by atoms with E-state index in [1.165, 1.54) is 11.1 Å². The Morgan fingerprint density at radius 1 is 1.12 bits per heavy atom. The Kier molecular flexibility index (Phi) is 3.89. The fourth-order valence-corrected chi connectivity index (χ4v) is 3.87. The van der Waals surface area contributed by atoms with E-state index in [1.54, 1.807) is 7.11 Å². The summed E-state index contributed by atoms with van der Waals surface area (Å²) in [6, 6.07) is 16.9. The molecule has 124 valence electrons. The molecule has 2 unspecified atom stereocenters. The summed E-state index contributed by atoms with van der Waals surface area (Å²) in [5.74, 6) is 1.14. The Labute approximate surface area is 142 Å². The number of amides is 1. The van der Waals surface area contributed by atoms with Gasteiger partial charge in [-0.15, -0.1) is 0 Å². The number of rotatable bonds is 3. The molecular formula is C20H22N2O2. The van der Waals surface area contributed by atoms with Crippen molar-refractivity contribution in [3.05, 3.63) is 59.7 Å². The van der Waals surface area contributed by atoms with Gasteiger partial charge in [-0.05, 0) is 42.2 Å². The average Bonchev–Trinajstić information content (AvgIpc) is 3.06. The average molecular weight is 322 g/mol. The zero-order chi connectivity index (χ0) is 16.5. The van der Waals surface area contributed by atoms with Gasteiger partial charge in [0.1, 0.15) is 5.75 Å². The Bertz CT molecular complexity index is 742. The van der Waals surface area contributed by atoms with E-state index in [-0.39, 0.29) is 18.0 Å². The molecule has 2 aromatic carbocycles. The van der Waals surface area contributed by atoms with E-state index in [1.807, 2.05) is 18.2 Å². The minimum atomic E-state index is 0.157. The number of anilines is 1. The Hall–Kier alpha value is -2.49. The molecule has 4 nitrogen and oxygen atoms in total. The van der Waals surface area contributed by atoms with Crippen LogP contribution < -0.4 is 10.1 Å². The van der Waals surface area contributed by atoms with Gasteiger partial charge in [0.25, 0.3) is 0 Å². The molecule has 0 bridgehead atoms. The summed E-state index contributed by atoms with van der Waals surface area (Å²) >= 11 is 0. The van der Waals surface area contributed by atoms with Gasteiger partial charge in [0.05, 0.1) is 19.2 Å². The first-order chi connectivity index (χ1) is 11.8. The first-order valence-electron chi connectivity index (χ1n) is 8.55. The lowest BCUT2D eigenvalue weighted by Gasteiger charge is -2.38. The maximum absolute atomic E-state index is 12.3. The highest BCUT2D eigenvalue weighted by Crippen LogP contribution is 2.43. The van der Waals surface area contributed by atoms with Gasteiger partial charge < -0.3 is 15.0 Å². The zero-order valence-electron chi connectivity index (χ0n) is 13.9. The van der Waals surface area contributed by atoms with Crippen LogP contribution in [0.4, 0.5) is 5.69 Å². The van der Waals surface area contributed by atoms with Gasteiger partial charge in [-0.3, -0.25) is 4.79 Å². The van der Waals surface area contributed by atoms with Crippen LogP contribution in [-0.4, -0.2) is 24.5 Å². The largest absolute Gasteiger partial charge is 0.497 e. The number of carbonyl (C=O) groups excluding carboxylic acids is 1. The predicted molar refractivity (Wildman–Crippen MR) is 94.1 cm³/mol. The quantitative estimate of drug-likeness (QED) is 0.931. The second-order valence-electron chi connectivity index (χ2n) is 6.50. The SMILES string of the molecule is COc1ccc(C2CC(N3CCCC3=O)c3ccccc3N2)cc1. The number of carbonyl (C=O) groups is 1. The second-order valence-corrected chi connectivity index (χ2v) is 6.50. The van der Waals surface area contributed by atoms with Crippen molar-refractivity contribution < 1.29 is 9.53 Å². The maximum atomic E-state index is 12.3. The van der Waals surface area contributed by atoms with E-state index in [0.29, 0.717) is 6.42 Å². The summed E-state index contributed by atoms with van der Waals surface area (Å²) in [5, 5.41) is 3.64. The summed E-state index contributed by atoms with van der Waals surface area (Å²) in [5.41, 5.74) is 3.59. The first-order valence-corrected chi connectivity index (χ1v) is 8.55. The van der Waals surface area contributed by atoms with E-state index in [2.05, 4.69) is 40.5 Å². The van der Waals surface area contributed by atoms with E-state index in [0.717, 1.165) is 30.8 Å². The molecule has 4 rings (SSSR count). The number of methoxy groups -OCH3 is 1. The van der Waals surface area contributed by atoms with Crippen LogP contribution in [0.1, 0.15) is 42.5 Å². The van der Waals surface area contributed by atoms with Gasteiger partial charge in [-0.25, -0.2) is 0 Å². The monoisotopic (exact) mass is 322 g/mol. The smallest absolute Gasteiger partial charge is 0.223 e. The number of ether oxygens (including phenoxy) is 1. The fourth-order valence-electron chi connectivity index (χ4n) is 3.87. The predicted octanol–water partition coefficient (Wildman–Crippen LogP) is 3.92. The van der Waals surface area contributed by atoms with Crippen molar-refractivity contribution >= 4 is 11.6 Å². The molecule has 0 radical (unpaired) electrons. The zero-order valence-corrected chi connectivity index (χ0v) is 13.9. The van der Waals surface area contributed by atoms with Gasteiger partial charge in [0.15, 0.2) is 0 Å². The minimum absolute atomic E-state index is 0.157. The summed E-state index contributed by atoms with van der Waals surface area (Å²) in [6.07, 6.45) is 2.55. The number of nitrogens with one attached hydrogen (secondary N) is 1. The number of likely N-dealkylation sites (tertiary alicyclic amines) is 1. The molecule has 2 aromatic rings. The second kappa shape index (κ2) is 6.19. The van der Waals surface area contributed by atoms with E-state index in [9.17, 15) is 4.79 Å². The molecule has 2 aliphatic heterocycles. The van der Waals surface area contributed by atoms with Crippen LogP contribution in [0.25, 0.3) is 0 Å². The highest BCUT2D eigenvalue weighted by molar-refractivity contribution is 5.79. The summed E-state index contributed by atoms with van der Waals surface area (Å²) in [4.78, 5) is 14.4. The lowest BCUT2D eigenvalue weighted by molar-refractivity contribution is -0.130. The van der Waals surface area contributed by atoms with Crippen LogP contribution in [0.3, 0.4) is 0 Å². The van der Waals surface area contributed by atoms with Gasteiger partial charge in [-0.1, -0.05) is 30.3 Å². The minimum Gasteiger partial charge on any atom is -0.497 e. The van der Waals surface area contributed by atoms with Crippen molar-refractivity contribution in [2.24, 2.45) is 0 Å². The van der Waals surface area contributed by atoms with Crippen molar-refractivity contribution in [2.75, 3.05) is 19.0 Å². The van der Waals surface area contributed by atoms with Crippen LogP contribution in [0.15, 0.2) is 48.5 Å². The molecule has 2 aliphatic rings. The summed E-state index contributed by atoms with van der Waals surface area (Å²) < 4.78 is 5.26. The summed E-state index contributed by atoms with van der Waals surface area (Å²) in [7, 11) is 1.68. The molecule has 24 heavy (non-hydrogen) atoms. The number of hydrogen-bond acceptors (Lipinski definition) is 3. The Balaban J connectivity index is 1.67. The van der Waals surface area contributed by atoms with Gasteiger partial charge >= 0.3 is 0 Å². The van der Waals surface area contributed by atoms with Crippen LogP contribution in [0.5, 0.6) is 5.75 Å². The van der Waals surface area contributed by atoms with Crippen LogP contribution in [0, 0.1) is 0 Å². The molecule has 4 heteroatoms. The standard InChI is InChI=1S/C20H22N2O2/c1-24-15-10-8-14(9-11-15)18-13-19(22-12-4-7-20(22)23)16-5-2-3-6-17(16)21-18/h2-3,5-6,8-11,18-19,21H,4,7,12-13H2,1H3. The van der Waals surface area contributed by atoms with Crippen molar-refractivity contribution in [3.63, 3.8) is 0 Å². The van der Waals surface area contributed by atoms with Crippen molar-refractivity contribution in [1.82, 2.24) is 4.90 Å². The molecule has 2 heterocycles. The molecule has 1 N–H and O–H groups in total. The van der Waals surface area contributed by atoms with E-state index in [4.69, 9.17) is 4.74 Å². The number of hydrogen-bond donors (Lipinski definition) is 1. The molecule has 0 spiro atoms. The lowest BCUT2D eigenvalue weighted by atomic mass is 9.88. The number of nitrogens with zero attached hydrogens (tertiary/aromatic N) is 1. The Morgan fingerprint density at radius 2 is 1.92 bits per heavy atom. The number of benzene rings is 2. The molecule has 0 saturated carbocycles. The number of fused-ring (bicyclic) bond motifs is 1. The molecule has 0 aliphatic carbocycles. The molecule has 1 amide bonds. The molecule has 1 fully saturated rings. The fraction of sp³-hybridized carbons (Fsp3) is 0.350. The summed E-state index contributed by atoms with van der Waals surface area (Å²) in [6.45, 7) is 0.868. The van der Waals surface area contributed by atoms with Crippen molar-refractivity contribution in [3.8, 4) is 5.75 Å². The highest BCUT2D eigenvalue weighted by Gasteiger charge is 2.35. The van der Waals surface area contributed by atoms with E-state index >= 15 is 0 Å². The van der Waals surface area contributed by atoms with Gasteiger partial charge in [-0.2, -0.15) is 0 Å². The highest BCUT2D eigenvalue weighted by atomic mass is 16.5. The molecular weight excluding hydrogens is 300 g/mol. The van der Waals surface area contributed by atoms with Crippen LogP contribution >= 0.6 is 0 Å². The van der Waals surface area contributed by atoms with Crippen molar-refractivity contribution in [2.45, 2.75) is 31.3 Å². The molecule has 0 aromatic heterocycles. The maximum Gasteiger partial charge on any atom is 0.223 e. The molecule has 1 saturated heterocycles. The Morgan fingerprint density at radius 3 is 2.62 bits per heavy atom. The third-order valence-electron chi connectivity index (χ3n) is 5.11. The van der Waals surface area contributed by atoms with Gasteiger partial charge in [0, 0.05) is 18.7 Å². The lowest BCUT2D eigenvalue weighted by Crippen LogP contribution is -2.35. The first kappa shape index (κ1) is 15.1. The topological polar surface area (TPSA) is 41.6 Å².